The second kappa shape index (κ2) is 5.54. The van der Waals surface area contributed by atoms with E-state index in [4.69, 9.17) is 10.4 Å². The Morgan fingerprint density at radius 2 is 2.17 bits per heavy atom. The van der Waals surface area contributed by atoms with Gasteiger partial charge in [0.05, 0.1) is 11.3 Å². The Balaban J connectivity index is 2.86. The van der Waals surface area contributed by atoms with Crippen LogP contribution in [0.3, 0.4) is 0 Å². The number of nitriles is 1. The molecule has 2 N–H and O–H groups in total. The van der Waals surface area contributed by atoms with Crippen LogP contribution in [0.25, 0.3) is 0 Å². The summed E-state index contributed by atoms with van der Waals surface area (Å²) in [5, 5.41) is 21.0. The number of benzene rings is 1. The number of rotatable bonds is 5. The van der Waals surface area contributed by atoms with Crippen molar-refractivity contribution in [2.45, 2.75) is 39.2 Å². The first kappa shape index (κ1) is 14.0. The van der Waals surface area contributed by atoms with Crippen LogP contribution in [-0.4, -0.2) is 16.6 Å². The maximum Gasteiger partial charge on any atom is 0.303 e. The van der Waals surface area contributed by atoms with E-state index in [1.165, 1.54) is 0 Å². The summed E-state index contributed by atoms with van der Waals surface area (Å²) in [4.78, 5) is 10.6. The normalized spacial score (nSPS) is 10.8. The van der Waals surface area contributed by atoms with Crippen LogP contribution >= 0.6 is 0 Å². The summed E-state index contributed by atoms with van der Waals surface area (Å²) >= 11 is 0. The number of aryl methyl sites for hydroxylation is 1. The monoisotopic (exact) mass is 246 g/mol. The van der Waals surface area contributed by atoms with E-state index in [1.54, 1.807) is 6.07 Å². The standard InChI is InChI=1S/C14H18N2O2/c1-10-4-5-11(9-15)12(8-10)16-14(2,3)7-6-13(17)18/h4-5,8,16H,6-7H2,1-3H3,(H,17,18). The highest BCUT2D eigenvalue weighted by Crippen LogP contribution is 2.23. The predicted octanol–water partition coefficient (Wildman–Crippen LogP) is 2.92. The lowest BCUT2D eigenvalue weighted by Crippen LogP contribution is -2.31. The van der Waals surface area contributed by atoms with Gasteiger partial charge in [-0.3, -0.25) is 4.79 Å². The van der Waals surface area contributed by atoms with E-state index in [-0.39, 0.29) is 12.0 Å². The van der Waals surface area contributed by atoms with Crippen LogP contribution in [0.2, 0.25) is 0 Å². The van der Waals surface area contributed by atoms with Crippen molar-refractivity contribution >= 4 is 11.7 Å². The molecule has 1 aromatic rings. The summed E-state index contributed by atoms with van der Waals surface area (Å²) in [6.45, 7) is 5.81. The van der Waals surface area contributed by atoms with Crippen LogP contribution in [0, 0.1) is 18.3 Å². The Labute approximate surface area is 107 Å². The quantitative estimate of drug-likeness (QED) is 0.837. The van der Waals surface area contributed by atoms with E-state index >= 15 is 0 Å². The lowest BCUT2D eigenvalue weighted by atomic mass is 9.97. The fraction of sp³-hybridized carbons (Fsp3) is 0.429. The fourth-order valence-electron chi connectivity index (χ4n) is 1.71. The van der Waals surface area contributed by atoms with Crippen molar-refractivity contribution in [3.8, 4) is 6.07 Å². The van der Waals surface area contributed by atoms with Gasteiger partial charge in [0.25, 0.3) is 0 Å². The molecule has 0 bridgehead atoms. The molecule has 0 fully saturated rings. The minimum Gasteiger partial charge on any atom is -0.481 e. The van der Waals surface area contributed by atoms with Gasteiger partial charge in [-0.25, -0.2) is 0 Å². The van der Waals surface area contributed by atoms with Gasteiger partial charge in [-0.15, -0.1) is 0 Å². The molecule has 1 aromatic carbocycles. The molecule has 0 aromatic heterocycles. The maximum absolute atomic E-state index is 10.6. The van der Waals surface area contributed by atoms with Crippen molar-refractivity contribution in [1.82, 2.24) is 0 Å². The number of hydrogen-bond donors (Lipinski definition) is 2. The van der Waals surface area contributed by atoms with Crippen LogP contribution in [0.15, 0.2) is 18.2 Å². The molecule has 4 heteroatoms. The molecule has 0 amide bonds. The van der Waals surface area contributed by atoms with Crippen molar-refractivity contribution in [1.29, 1.82) is 5.26 Å². The van der Waals surface area contributed by atoms with E-state index < -0.39 is 5.97 Å². The molecule has 0 unspecified atom stereocenters. The van der Waals surface area contributed by atoms with Crippen molar-refractivity contribution in [3.05, 3.63) is 29.3 Å². The third kappa shape index (κ3) is 4.10. The summed E-state index contributed by atoms with van der Waals surface area (Å²) in [5.41, 5.74) is 2.03. The first-order valence-electron chi connectivity index (χ1n) is 5.85. The summed E-state index contributed by atoms with van der Waals surface area (Å²) in [6.07, 6.45) is 0.606. The molecule has 96 valence electrons. The van der Waals surface area contributed by atoms with E-state index in [0.717, 1.165) is 11.3 Å². The Morgan fingerprint density at radius 1 is 1.50 bits per heavy atom. The maximum atomic E-state index is 10.6. The number of carboxylic acid groups (broad SMARTS) is 1. The first-order chi connectivity index (χ1) is 8.34. The second-order valence-electron chi connectivity index (χ2n) is 5.06. The summed E-state index contributed by atoms with van der Waals surface area (Å²) in [5.74, 6) is -0.811. The zero-order valence-corrected chi connectivity index (χ0v) is 10.9. The molecule has 0 saturated carbocycles. The topological polar surface area (TPSA) is 73.1 Å². The molecule has 0 aliphatic heterocycles. The Morgan fingerprint density at radius 3 is 2.72 bits per heavy atom. The summed E-state index contributed by atoms with van der Waals surface area (Å²) < 4.78 is 0. The molecule has 0 heterocycles. The zero-order valence-electron chi connectivity index (χ0n) is 10.9. The number of anilines is 1. The lowest BCUT2D eigenvalue weighted by molar-refractivity contribution is -0.137. The molecule has 0 saturated heterocycles. The van der Waals surface area contributed by atoms with Gasteiger partial charge in [-0.1, -0.05) is 6.07 Å². The number of carboxylic acids is 1. The largest absolute Gasteiger partial charge is 0.481 e. The van der Waals surface area contributed by atoms with Crippen molar-refractivity contribution in [3.63, 3.8) is 0 Å². The molecule has 0 radical (unpaired) electrons. The number of nitrogens with one attached hydrogen (secondary N) is 1. The van der Waals surface area contributed by atoms with Crippen LogP contribution in [0.5, 0.6) is 0 Å². The number of nitrogens with zero attached hydrogens (tertiary/aromatic N) is 1. The average Bonchev–Trinajstić information content (AvgIpc) is 2.26. The highest BCUT2D eigenvalue weighted by molar-refractivity contribution is 5.67. The first-order valence-corrected chi connectivity index (χ1v) is 5.85. The van der Waals surface area contributed by atoms with Gasteiger partial charge in [0.1, 0.15) is 6.07 Å². The van der Waals surface area contributed by atoms with Crippen LogP contribution in [0.4, 0.5) is 5.69 Å². The van der Waals surface area contributed by atoms with Gasteiger partial charge in [0.15, 0.2) is 0 Å². The fourth-order valence-corrected chi connectivity index (χ4v) is 1.71. The molecule has 18 heavy (non-hydrogen) atoms. The van der Waals surface area contributed by atoms with Gasteiger partial charge < -0.3 is 10.4 Å². The number of aliphatic carboxylic acids is 1. The summed E-state index contributed by atoms with van der Waals surface area (Å²) in [6, 6.07) is 7.69. The zero-order chi connectivity index (χ0) is 13.8. The van der Waals surface area contributed by atoms with E-state index in [9.17, 15) is 4.79 Å². The molecule has 1 rings (SSSR count). The molecule has 4 nitrogen and oxygen atoms in total. The van der Waals surface area contributed by atoms with Crippen LogP contribution < -0.4 is 5.32 Å². The SMILES string of the molecule is Cc1ccc(C#N)c(NC(C)(C)CCC(=O)O)c1. The minimum atomic E-state index is -0.811. The summed E-state index contributed by atoms with van der Waals surface area (Å²) in [7, 11) is 0. The Hall–Kier alpha value is -2.02. The van der Waals surface area contributed by atoms with Gasteiger partial charge in [0.2, 0.25) is 0 Å². The molecule has 0 aliphatic carbocycles. The van der Waals surface area contributed by atoms with E-state index in [2.05, 4.69) is 11.4 Å². The average molecular weight is 246 g/mol. The predicted molar refractivity (Wildman–Crippen MR) is 70.5 cm³/mol. The van der Waals surface area contributed by atoms with Crippen LogP contribution in [-0.2, 0) is 4.79 Å². The van der Waals surface area contributed by atoms with Crippen molar-refractivity contribution in [2.75, 3.05) is 5.32 Å². The molecule has 0 aliphatic rings. The molecule has 0 spiro atoms. The van der Waals surface area contributed by atoms with Crippen molar-refractivity contribution in [2.24, 2.45) is 0 Å². The second-order valence-corrected chi connectivity index (χ2v) is 5.06. The molecular formula is C14H18N2O2. The highest BCUT2D eigenvalue weighted by atomic mass is 16.4. The Kier molecular flexibility index (Phi) is 4.33. The number of hydrogen-bond acceptors (Lipinski definition) is 3. The highest BCUT2D eigenvalue weighted by Gasteiger charge is 2.20. The smallest absolute Gasteiger partial charge is 0.303 e. The van der Waals surface area contributed by atoms with Gasteiger partial charge in [-0.05, 0) is 44.9 Å². The van der Waals surface area contributed by atoms with Crippen LogP contribution in [0.1, 0.15) is 37.8 Å². The lowest BCUT2D eigenvalue weighted by Gasteiger charge is -2.27. The van der Waals surface area contributed by atoms with Gasteiger partial charge in [-0.2, -0.15) is 5.26 Å². The molecular weight excluding hydrogens is 228 g/mol. The van der Waals surface area contributed by atoms with Crippen molar-refractivity contribution < 1.29 is 9.90 Å². The van der Waals surface area contributed by atoms with E-state index in [1.807, 2.05) is 32.9 Å². The third-order valence-corrected chi connectivity index (χ3v) is 2.73. The minimum absolute atomic E-state index is 0.105. The van der Waals surface area contributed by atoms with E-state index in [0.29, 0.717) is 12.0 Å². The Bertz CT molecular complexity index is 487. The molecule has 0 atom stereocenters. The van der Waals surface area contributed by atoms with Gasteiger partial charge in [0, 0.05) is 12.0 Å². The van der Waals surface area contributed by atoms with Gasteiger partial charge >= 0.3 is 5.97 Å². The third-order valence-electron chi connectivity index (χ3n) is 2.73. The number of carbonyl (C=O) groups is 1.